The Morgan fingerprint density at radius 1 is 1.00 bits per heavy atom. The summed E-state index contributed by atoms with van der Waals surface area (Å²) in [6.45, 7) is 2.04. The summed E-state index contributed by atoms with van der Waals surface area (Å²) >= 11 is 0. The Morgan fingerprint density at radius 3 is 2.33 bits per heavy atom. The molecule has 5 nitrogen and oxygen atoms in total. The number of amidine groups is 1. The first-order valence-electron chi connectivity index (χ1n) is 6.74. The molecule has 5 heteroatoms. The maximum absolute atomic E-state index is 6.14. The zero-order valence-corrected chi connectivity index (χ0v) is 11.8. The summed E-state index contributed by atoms with van der Waals surface area (Å²) in [6.07, 6.45) is -0.582. The second-order valence-corrected chi connectivity index (χ2v) is 4.91. The number of benzene rings is 2. The van der Waals surface area contributed by atoms with Gasteiger partial charge in [-0.3, -0.25) is 10.6 Å². The molecule has 4 N–H and O–H groups in total. The lowest BCUT2D eigenvalue weighted by Crippen LogP contribution is -2.49. The van der Waals surface area contributed by atoms with Crippen LogP contribution in [0.4, 0.5) is 5.69 Å². The normalized spacial score (nSPS) is 18.2. The van der Waals surface area contributed by atoms with Crippen LogP contribution in [0, 0.1) is 6.92 Å². The largest absolute Gasteiger partial charge is 0.368 e. The Balaban J connectivity index is 2.09. The third kappa shape index (κ3) is 2.64. The van der Waals surface area contributed by atoms with Gasteiger partial charge in [0.2, 0.25) is 5.96 Å². The molecule has 0 aromatic heterocycles. The standard InChI is InChI=1S/C16H17N5/c1-11-7-9-12(10-8-11)14-19-15(17)20-16(18)21(14)13-5-3-2-4-6-13/h2-10,16H,18H2,1H3,(H2,17,20). The van der Waals surface area contributed by atoms with Gasteiger partial charge in [0.15, 0.2) is 6.29 Å². The quantitative estimate of drug-likeness (QED) is 0.880. The molecule has 1 aliphatic rings. The second kappa shape index (κ2) is 5.38. The van der Waals surface area contributed by atoms with Crippen LogP contribution in [0.15, 0.2) is 64.6 Å². The van der Waals surface area contributed by atoms with E-state index >= 15 is 0 Å². The van der Waals surface area contributed by atoms with Crippen molar-refractivity contribution in [3.05, 3.63) is 65.7 Å². The summed E-state index contributed by atoms with van der Waals surface area (Å²) in [7, 11) is 0. The van der Waals surface area contributed by atoms with Gasteiger partial charge in [-0.05, 0) is 19.1 Å². The van der Waals surface area contributed by atoms with Crippen LogP contribution in [0.5, 0.6) is 0 Å². The fourth-order valence-corrected chi connectivity index (χ4v) is 2.28. The van der Waals surface area contributed by atoms with Crippen molar-refractivity contribution in [3.8, 4) is 0 Å². The van der Waals surface area contributed by atoms with Crippen LogP contribution < -0.4 is 16.4 Å². The molecule has 2 aromatic carbocycles. The molecule has 0 saturated carbocycles. The van der Waals surface area contributed by atoms with Gasteiger partial charge >= 0.3 is 0 Å². The summed E-state index contributed by atoms with van der Waals surface area (Å²) in [5, 5.41) is 0. The highest BCUT2D eigenvalue weighted by atomic mass is 15.4. The lowest BCUT2D eigenvalue weighted by molar-refractivity contribution is 0.721. The van der Waals surface area contributed by atoms with Crippen molar-refractivity contribution in [1.29, 1.82) is 0 Å². The van der Waals surface area contributed by atoms with Crippen LogP contribution in [0.2, 0.25) is 0 Å². The Bertz CT molecular complexity index is 688. The molecular formula is C16H17N5. The molecule has 1 aliphatic heterocycles. The summed E-state index contributed by atoms with van der Waals surface area (Å²) in [5.74, 6) is 0.909. The van der Waals surface area contributed by atoms with Crippen LogP contribution >= 0.6 is 0 Å². The predicted molar refractivity (Wildman–Crippen MR) is 86.2 cm³/mol. The van der Waals surface area contributed by atoms with E-state index in [1.165, 1.54) is 5.56 Å². The highest BCUT2D eigenvalue weighted by Crippen LogP contribution is 2.22. The van der Waals surface area contributed by atoms with Crippen molar-refractivity contribution >= 4 is 17.5 Å². The minimum atomic E-state index is -0.582. The molecular weight excluding hydrogens is 262 g/mol. The molecule has 0 spiro atoms. The Kier molecular flexibility index (Phi) is 3.41. The van der Waals surface area contributed by atoms with Crippen molar-refractivity contribution in [2.45, 2.75) is 13.2 Å². The van der Waals surface area contributed by atoms with Gasteiger partial charge in [0.25, 0.3) is 0 Å². The molecule has 1 heterocycles. The Morgan fingerprint density at radius 2 is 1.67 bits per heavy atom. The third-order valence-electron chi connectivity index (χ3n) is 3.32. The molecule has 0 saturated heterocycles. The number of aryl methyl sites for hydroxylation is 1. The van der Waals surface area contributed by atoms with E-state index in [-0.39, 0.29) is 5.96 Å². The zero-order chi connectivity index (χ0) is 14.8. The van der Waals surface area contributed by atoms with Crippen molar-refractivity contribution in [2.75, 3.05) is 4.90 Å². The molecule has 0 bridgehead atoms. The maximum Gasteiger partial charge on any atom is 0.220 e. The average Bonchev–Trinajstić information content (AvgIpc) is 2.48. The summed E-state index contributed by atoms with van der Waals surface area (Å²) in [5.41, 5.74) is 15.0. The lowest BCUT2D eigenvalue weighted by Gasteiger charge is -2.32. The smallest absolute Gasteiger partial charge is 0.220 e. The van der Waals surface area contributed by atoms with Gasteiger partial charge in [-0.25, -0.2) is 4.99 Å². The number of para-hydroxylation sites is 1. The van der Waals surface area contributed by atoms with Crippen molar-refractivity contribution < 1.29 is 0 Å². The number of aliphatic imine (C=N–C) groups is 2. The highest BCUT2D eigenvalue weighted by molar-refractivity contribution is 6.15. The molecule has 1 atom stereocenters. The average molecular weight is 279 g/mol. The number of nitrogens with zero attached hydrogens (tertiary/aromatic N) is 3. The van der Waals surface area contributed by atoms with Gasteiger partial charge < -0.3 is 5.73 Å². The van der Waals surface area contributed by atoms with E-state index in [1.54, 1.807) is 0 Å². The molecule has 3 rings (SSSR count). The first-order valence-corrected chi connectivity index (χ1v) is 6.74. The molecule has 2 aromatic rings. The van der Waals surface area contributed by atoms with Crippen LogP contribution in [0.25, 0.3) is 0 Å². The van der Waals surface area contributed by atoms with Gasteiger partial charge in [-0.1, -0.05) is 48.0 Å². The number of guanidine groups is 1. The summed E-state index contributed by atoms with van der Waals surface area (Å²) < 4.78 is 0. The zero-order valence-electron chi connectivity index (χ0n) is 11.8. The minimum absolute atomic E-state index is 0.199. The molecule has 0 radical (unpaired) electrons. The molecule has 1 unspecified atom stereocenters. The van der Waals surface area contributed by atoms with Crippen LogP contribution in [-0.2, 0) is 0 Å². The monoisotopic (exact) mass is 279 g/mol. The Labute approximate surface area is 123 Å². The van der Waals surface area contributed by atoms with Crippen molar-refractivity contribution in [2.24, 2.45) is 21.5 Å². The predicted octanol–water partition coefficient (Wildman–Crippen LogP) is 1.82. The summed E-state index contributed by atoms with van der Waals surface area (Å²) in [4.78, 5) is 10.4. The highest BCUT2D eigenvalue weighted by Gasteiger charge is 2.25. The van der Waals surface area contributed by atoms with E-state index in [9.17, 15) is 0 Å². The molecule has 0 aliphatic carbocycles. The van der Waals surface area contributed by atoms with E-state index in [2.05, 4.69) is 9.98 Å². The van der Waals surface area contributed by atoms with Crippen LogP contribution in [0.1, 0.15) is 11.1 Å². The van der Waals surface area contributed by atoms with Gasteiger partial charge in [0.1, 0.15) is 5.84 Å². The summed E-state index contributed by atoms with van der Waals surface area (Å²) in [6, 6.07) is 17.9. The number of nitrogens with two attached hydrogens (primary N) is 2. The first-order chi connectivity index (χ1) is 10.1. The van der Waals surface area contributed by atoms with E-state index in [0.29, 0.717) is 5.84 Å². The van der Waals surface area contributed by atoms with E-state index in [0.717, 1.165) is 11.3 Å². The van der Waals surface area contributed by atoms with Gasteiger partial charge in [0, 0.05) is 11.3 Å². The maximum atomic E-state index is 6.14. The second-order valence-electron chi connectivity index (χ2n) is 4.91. The van der Waals surface area contributed by atoms with Crippen LogP contribution in [-0.4, -0.2) is 18.1 Å². The van der Waals surface area contributed by atoms with Crippen molar-refractivity contribution in [1.82, 2.24) is 0 Å². The molecule has 106 valence electrons. The van der Waals surface area contributed by atoms with Crippen LogP contribution in [0.3, 0.4) is 0 Å². The van der Waals surface area contributed by atoms with Gasteiger partial charge in [-0.15, -0.1) is 0 Å². The fraction of sp³-hybridized carbons (Fsp3) is 0.125. The Hall–Kier alpha value is -2.66. The SMILES string of the molecule is Cc1ccc(C2=NC(N)=NC(N)N2c2ccccc2)cc1. The number of hydrogen-bond acceptors (Lipinski definition) is 5. The molecule has 0 amide bonds. The molecule has 21 heavy (non-hydrogen) atoms. The number of anilines is 1. The van der Waals surface area contributed by atoms with E-state index < -0.39 is 6.29 Å². The number of rotatable bonds is 2. The lowest BCUT2D eigenvalue weighted by atomic mass is 10.1. The minimum Gasteiger partial charge on any atom is -0.368 e. The number of hydrogen-bond donors (Lipinski definition) is 2. The fourth-order valence-electron chi connectivity index (χ4n) is 2.28. The topological polar surface area (TPSA) is 80.0 Å². The first kappa shape index (κ1) is 13.3. The van der Waals surface area contributed by atoms with Gasteiger partial charge in [0.05, 0.1) is 0 Å². The molecule has 0 fully saturated rings. The van der Waals surface area contributed by atoms with E-state index in [1.807, 2.05) is 66.4 Å². The third-order valence-corrected chi connectivity index (χ3v) is 3.32. The van der Waals surface area contributed by atoms with Crippen molar-refractivity contribution in [3.63, 3.8) is 0 Å². The van der Waals surface area contributed by atoms with Gasteiger partial charge in [-0.2, -0.15) is 4.99 Å². The van der Waals surface area contributed by atoms with E-state index in [4.69, 9.17) is 11.5 Å².